The van der Waals surface area contributed by atoms with Gasteiger partial charge in [0.05, 0.1) is 11.4 Å². The third-order valence-corrected chi connectivity index (χ3v) is 6.27. The number of H-pyrrole nitrogens is 1. The zero-order valence-electron chi connectivity index (χ0n) is 13.3. The molecule has 1 saturated heterocycles. The summed E-state index contributed by atoms with van der Waals surface area (Å²) in [5.74, 6) is 0. The number of nitrogens with one attached hydrogen (secondary N) is 2. The number of rotatable bonds is 4. The van der Waals surface area contributed by atoms with Crippen molar-refractivity contribution in [3.05, 3.63) is 11.4 Å². The minimum Gasteiger partial charge on any atom is -0.314 e. The first-order chi connectivity index (χ1) is 9.78. The van der Waals surface area contributed by atoms with E-state index in [1.165, 1.54) is 0 Å². The lowest BCUT2D eigenvalue weighted by molar-refractivity contribution is 0.105. The molecule has 1 aliphatic rings. The third kappa shape index (κ3) is 2.98. The molecule has 2 heterocycles. The second-order valence-electron chi connectivity index (χ2n) is 5.84. The summed E-state index contributed by atoms with van der Waals surface area (Å²) >= 11 is 0. The molecule has 2 unspecified atom stereocenters. The average Bonchev–Trinajstić information content (AvgIpc) is 2.77. The summed E-state index contributed by atoms with van der Waals surface area (Å²) in [5, 5.41) is 9.87. The van der Waals surface area contributed by atoms with Crippen molar-refractivity contribution < 1.29 is 8.42 Å². The molecule has 1 aliphatic heterocycles. The van der Waals surface area contributed by atoms with Crippen LogP contribution in [0.3, 0.4) is 0 Å². The van der Waals surface area contributed by atoms with Crippen molar-refractivity contribution in [1.29, 1.82) is 0 Å². The Kier molecular flexibility index (Phi) is 4.72. The molecule has 0 radical (unpaired) electrons. The van der Waals surface area contributed by atoms with Gasteiger partial charge in [-0.05, 0) is 34.9 Å². The summed E-state index contributed by atoms with van der Waals surface area (Å²) in [6, 6.07) is 0.395. The second-order valence-corrected chi connectivity index (χ2v) is 7.72. The van der Waals surface area contributed by atoms with Crippen LogP contribution in [0, 0.1) is 6.92 Å². The SMILES string of the molecule is CNCc1n[nH]c(C)c1S(=O)(=O)N1CC(C)N(C)C(C)C1. The lowest BCUT2D eigenvalue weighted by atomic mass is 10.1. The predicted octanol–water partition coefficient (Wildman–Crippen LogP) is 0.151. The second kappa shape index (κ2) is 6.04. The molecule has 1 aromatic rings. The van der Waals surface area contributed by atoms with Gasteiger partial charge in [0, 0.05) is 31.7 Å². The fraction of sp³-hybridized carbons (Fsp3) is 0.769. The zero-order chi connectivity index (χ0) is 15.8. The van der Waals surface area contributed by atoms with Gasteiger partial charge in [0.25, 0.3) is 0 Å². The summed E-state index contributed by atoms with van der Waals surface area (Å²) in [7, 11) is 0.296. The minimum absolute atomic E-state index is 0.198. The number of piperazine rings is 1. The van der Waals surface area contributed by atoms with Crippen LogP contribution in [0.5, 0.6) is 0 Å². The van der Waals surface area contributed by atoms with Crippen LogP contribution in [0.15, 0.2) is 4.90 Å². The first-order valence-electron chi connectivity index (χ1n) is 7.19. The fourth-order valence-electron chi connectivity index (χ4n) is 2.78. The Morgan fingerprint density at radius 2 is 1.90 bits per heavy atom. The minimum atomic E-state index is -3.52. The Balaban J connectivity index is 2.36. The largest absolute Gasteiger partial charge is 0.314 e. The molecule has 0 aliphatic carbocycles. The molecule has 21 heavy (non-hydrogen) atoms. The van der Waals surface area contributed by atoms with Crippen molar-refractivity contribution in [2.45, 2.75) is 44.3 Å². The van der Waals surface area contributed by atoms with Gasteiger partial charge in [0.1, 0.15) is 4.90 Å². The van der Waals surface area contributed by atoms with E-state index in [1.807, 2.05) is 7.05 Å². The lowest BCUT2D eigenvalue weighted by Crippen LogP contribution is -2.56. The van der Waals surface area contributed by atoms with E-state index >= 15 is 0 Å². The van der Waals surface area contributed by atoms with Gasteiger partial charge in [-0.15, -0.1) is 0 Å². The van der Waals surface area contributed by atoms with Gasteiger partial charge >= 0.3 is 0 Å². The van der Waals surface area contributed by atoms with E-state index in [1.54, 1.807) is 18.3 Å². The number of aryl methyl sites for hydroxylation is 1. The van der Waals surface area contributed by atoms with E-state index in [4.69, 9.17) is 0 Å². The van der Waals surface area contributed by atoms with E-state index in [0.717, 1.165) is 0 Å². The van der Waals surface area contributed by atoms with Crippen LogP contribution in [0.1, 0.15) is 25.2 Å². The van der Waals surface area contributed by atoms with Gasteiger partial charge in [-0.25, -0.2) is 8.42 Å². The number of aromatic amines is 1. The third-order valence-electron chi connectivity index (χ3n) is 4.23. The molecule has 120 valence electrons. The molecular weight excluding hydrogens is 290 g/mol. The van der Waals surface area contributed by atoms with Crippen LogP contribution in [0.2, 0.25) is 0 Å². The summed E-state index contributed by atoms with van der Waals surface area (Å²) in [4.78, 5) is 2.53. The number of nitrogens with zero attached hydrogens (tertiary/aromatic N) is 3. The van der Waals surface area contributed by atoms with E-state index in [2.05, 4.69) is 34.3 Å². The van der Waals surface area contributed by atoms with Gasteiger partial charge in [0.15, 0.2) is 0 Å². The molecule has 0 amide bonds. The molecule has 0 aromatic carbocycles. The molecule has 1 fully saturated rings. The van der Waals surface area contributed by atoms with Crippen molar-refractivity contribution in [1.82, 2.24) is 24.7 Å². The maximum absolute atomic E-state index is 13.0. The highest BCUT2D eigenvalue weighted by molar-refractivity contribution is 7.89. The molecule has 1 aromatic heterocycles. The summed E-state index contributed by atoms with van der Waals surface area (Å²) in [6.07, 6.45) is 0. The molecular formula is C13H25N5O2S. The Morgan fingerprint density at radius 3 is 2.43 bits per heavy atom. The van der Waals surface area contributed by atoms with Crippen LogP contribution in [-0.2, 0) is 16.6 Å². The summed E-state index contributed by atoms with van der Waals surface area (Å²) < 4.78 is 27.5. The van der Waals surface area contributed by atoms with Gasteiger partial charge in [-0.2, -0.15) is 9.40 Å². The molecule has 2 N–H and O–H groups in total. The predicted molar refractivity (Wildman–Crippen MR) is 81.5 cm³/mol. The van der Waals surface area contributed by atoms with Gasteiger partial charge in [-0.1, -0.05) is 0 Å². The van der Waals surface area contributed by atoms with Crippen molar-refractivity contribution in [2.75, 3.05) is 27.2 Å². The zero-order valence-corrected chi connectivity index (χ0v) is 14.2. The highest BCUT2D eigenvalue weighted by Gasteiger charge is 2.37. The average molecular weight is 315 g/mol. The highest BCUT2D eigenvalue weighted by atomic mass is 32.2. The normalized spacial score (nSPS) is 25.4. The summed E-state index contributed by atoms with van der Waals surface area (Å²) in [6.45, 7) is 7.29. The van der Waals surface area contributed by atoms with Crippen LogP contribution in [0.25, 0.3) is 0 Å². The topological polar surface area (TPSA) is 81.3 Å². The van der Waals surface area contributed by atoms with E-state index in [0.29, 0.717) is 35.9 Å². The van der Waals surface area contributed by atoms with Crippen LogP contribution in [-0.4, -0.2) is 67.1 Å². The first kappa shape index (κ1) is 16.4. The van der Waals surface area contributed by atoms with E-state index in [9.17, 15) is 8.42 Å². The van der Waals surface area contributed by atoms with Crippen molar-refractivity contribution >= 4 is 10.0 Å². The van der Waals surface area contributed by atoms with Crippen molar-refractivity contribution in [3.8, 4) is 0 Å². The number of hydrogen-bond donors (Lipinski definition) is 2. The van der Waals surface area contributed by atoms with Crippen molar-refractivity contribution in [2.24, 2.45) is 0 Å². The molecule has 2 atom stereocenters. The Bertz CT molecular complexity index is 586. The van der Waals surface area contributed by atoms with Gasteiger partial charge < -0.3 is 5.32 Å². The van der Waals surface area contributed by atoms with E-state index in [-0.39, 0.29) is 12.1 Å². The van der Waals surface area contributed by atoms with Crippen LogP contribution >= 0.6 is 0 Å². The quantitative estimate of drug-likeness (QED) is 0.827. The molecule has 0 bridgehead atoms. The fourth-order valence-corrected chi connectivity index (χ4v) is 4.71. The van der Waals surface area contributed by atoms with Crippen LogP contribution in [0.4, 0.5) is 0 Å². The lowest BCUT2D eigenvalue weighted by Gasteiger charge is -2.41. The molecule has 8 heteroatoms. The van der Waals surface area contributed by atoms with Crippen molar-refractivity contribution in [3.63, 3.8) is 0 Å². The molecule has 7 nitrogen and oxygen atoms in total. The molecule has 2 rings (SSSR count). The Labute approximate surface area is 126 Å². The maximum atomic E-state index is 13.0. The molecule has 0 spiro atoms. The Hall–Kier alpha value is -0.960. The van der Waals surface area contributed by atoms with Gasteiger partial charge in [-0.3, -0.25) is 10.00 Å². The Morgan fingerprint density at radius 1 is 1.33 bits per heavy atom. The number of aromatic nitrogens is 2. The monoisotopic (exact) mass is 315 g/mol. The number of likely N-dealkylation sites (N-methyl/N-ethyl adjacent to an activating group) is 1. The highest BCUT2D eigenvalue weighted by Crippen LogP contribution is 2.25. The first-order valence-corrected chi connectivity index (χ1v) is 8.63. The smallest absolute Gasteiger partial charge is 0.246 e. The molecule has 0 saturated carbocycles. The number of sulfonamides is 1. The van der Waals surface area contributed by atoms with Gasteiger partial charge in [0.2, 0.25) is 10.0 Å². The summed E-state index contributed by atoms with van der Waals surface area (Å²) in [5.41, 5.74) is 1.15. The van der Waals surface area contributed by atoms with Crippen LogP contribution < -0.4 is 5.32 Å². The van der Waals surface area contributed by atoms with E-state index < -0.39 is 10.0 Å². The maximum Gasteiger partial charge on any atom is 0.246 e. The standard InChI is InChI=1S/C13H25N5O2S/c1-9-7-18(8-10(2)17(9)5)21(19,20)13-11(3)15-16-12(13)6-14-4/h9-10,14H,6-8H2,1-5H3,(H,15,16). The number of hydrogen-bond acceptors (Lipinski definition) is 5.